The van der Waals surface area contributed by atoms with Crippen molar-refractivity contribution >= 4 is 5.78 Å². The second-order valence-electron chi connectivity index (χ2n) is 3.02. The first-order chi connectivity index (χ1) is 6.76. The van der Waals surface area contributed by atoms with Gasteiger partial charge in [0.1, 0.15) is 12.4 Å². The molecule has 0 radical (unpaired) electrons. The zero-order chi connectivity index (χ0) is 10.4. The molecule has 0 unspecified atom stereocenters. The third-order valence-corrected chi connectivity index (χ3v) is 2.00. The van der Waals surface area contributed by atoms with Gasteiger partial charge < -0.3 is 4.74 Å². The Bertz CT molecular complexity index is 293. The van der Waals surface area contributed by atoms with Crippen molar-refractivity contribution in [2.24, 2.45) is 0 Å². The van der Waals surface area contributed by atoms with Crippen LogP contribution in [0.3, 0.4) is 0 Å². The van der Waals surface area contributed by atoms with E-state index in [4.69, 9.17) is 4.74 Å². The predicted molar refractivity (Wildman–Crippen MR) is 52.3 cm³/mol. The van der Waals surface area contributed by atoms with Gasteiger partial charge in [-0.05, 0) is 24.1 Å². The van der Waals surface area contributed by atoms with Crippen LogP contribution in [0.15, 0.2) is 24.3 Å². The molecule has 0 amide bonds. The van der Waals surface area contributed by atoms with Gasteiger partial charge >= 0.3 is 0 Å². The van der Waals surface area contributed by atoms with Crippen LogP contribution in [0.1, 0.15) is 12.0 Å². The van der Waals surface area contributed by atoms with Crippen molar-refractivity contribution in [1.29, 1.82) is 0 Å². The first-order valence-corrected chi connectivity index (χ1v) is 4.47. The molecule has 0 saturated heterocycles. The summed E-state index contributed by atoms with van der Waals surface area (Å²) in [6.45, 7) is -0.865. The Labute approximate surface area is 82.7 Å². The highest BCUT2D eigenvalue weighted by Crippen LogP contribution is 2.12. The Balaban J connectivity index is 2.47. The van der Waals surface area contributed by atoms with E-state index < -0.39 is 6.67 Å². The summed E-state index contributed by atoms with van der Waals surface area (Å²) in [6, 6.07) is 7.42. The van der Waals surface area contributed by atoms with Crippen LogP contribution in [-0.4, -0.2) is 19.6 Å². The Morgan fingerprint density at radius 1 is 1.36 bits per heavy atom. The normalized spacial score (nSPS) is 9.86. The number of ketones is 1. The molecule has 76 valence electrons. The number of rotatable bonds is 5. The maximum absolute atomic E-state index is 11.8. The molecule has 0 aliphatic rings. The number of hydrogen-bond donors (Lipinski definition) is 0. The van der Waals surface area contributed by atoms with Gasteiger partial charge in [-0.3, -0.25) is 4.79 Å². The first-order valence-electron chi connectivity index (χ1n) is 4.47. The highest BCUT2D eigenvalue weighted by Gasteiger charge is 2.01. The molecule has 1 aromatic rings. The molecule has 1 aromatic carbocycles. The fourth-order valence-corrected chi connectivity index (χ4v) is 1.14. The lowest BCUT2D eigenvalue weighted by molar-refractivity contribution is -0.119. The lowest BCUT2D eigenvalue weighted by atomic mass is 10.1. The number of methoxy groups -OCH3 is 1. The summed E-state index contributed by atoms with van der Waals surface area (Å²) in [5.41, 5.74) is 1.02. The van der Waals surface area contributed by atoms with Crippen LogP contribution < -0.4 is 4.74 Å². The molecule has 0 spiro atoms. The molecule has 0 saturated carbocycles. The largest absolute Gasteiger partial charge is 0.497 e. The summed E-state index contributed by atoms with van der Waals surface area (Å²) >= 11 is 0. The summed E-state index contributed by atoms with van der Waals surface area (Å²) in [4.78, 5) is 10.7. The van der Waals surface area contributed by atoms with Crippen LogP contribution in [0.4, 0.5) is 4.39 Å². The number of carbonyl (C=O) groups is 1. The quantitative estimate of drug-likeness (QED) is 0.721. The number of ether oxygens (including phenoxy) is 1. The molecule has 0 aliphatic carbocycles. The van der Waals surface area contributed by atoms with Crippen molar-refractivity contribution in [2.75, 3.05) is 13.8 Å². The van der Waals surface area contributed by atoms with E-state index in [2.05, 4.69) is 0 Å². The van der Waals surface area contributed by atoms with Crippen LogP contribution >= 0.6 is 0 Å². The number of Topliss-reactive ketones (excluding diaryl/α,β-unsaturated/α-hetero) is 1. The second kappa shape index (κ2) is 5.37. The Morgan fingerprint density at radius 2 is 2.00 bits per heavy atom. The molecular formula is C11H13FO2. The number of hydrogen-bond acceptors (Lipinski definition) is 2. The first kappa shape index (κ1) is 10.7. The van der Waals surface area contributed by atoms with E-state index in [0.29, 0.717) is 6.42 Å². The van der Waals surface area contributed by atoms with E-state index in [-0.39, 0.29) is 12.2 Å². The third kappa shape index (κ3) is 3.17. The molecule has 0 aliphatic heterocycles. The monoisotopic (exact) mass is 196 g/mol. The van der Waals surface area contributed by atoms with Crippen LogP contribution in [0, 0.1) is 0 Å². The maximum atomic E-state index is 11.8. The molecule has 0 N–H and O–H groups in total. The van der Waals surface area contributed by atoms with E-state index in [9.17, 15) is 9.18 Å². The van der Waals surface area contributed by atoms with Gasteiger partial charge in [-0.15, -0.1) is 0 Å². The number of carbonyl (C=O) groups excluding carboxylic acids is 1. The van der Waals surface area contributed by atoms with Gasteiger partial charge in [0.15, 0.2) is 5.78 Å². The molecular weight excluding hydrogens is 183 g/mol. The Morgan fingerprint density at radius 3 is 2.50 bits per heavy atom. The van der Waals surface area contributed by atoms with Crippen molar-refractivity contribution < 1.29 is 13.9 Å². The topological polar surface area (TPSA) is 26.3 Å². The average Bonchev–Trinajstić information content (AvgIpc) is 2.26. The third-order valence-electron chi connectivity index (χ3n) is 2.00. The maximum Gasteiger partial charge on any atom is 0.164 e. The van der Waals surface area contributed by atoms with Crippen LogP contribution in [-0.2, 0) is 11.2 Å². The van der Waals surface area contributed by atoms with E-state index in [1.54, 1.807) is 7.11 Å². The molecule has 0 atom stereocenters. The Hall–Kier alpha value is -1.38. The van der Waals surface area contributed by atoms with Gasteiger partial charge in [-0.2, -0.15) is 0 Å². The van der Waals surface area contributed by atoms with Gasteiger partial charge in [0, 0.05) is 6.42 Å². The van der Waals surface area contributed by atoms with Gasteiger partial charge in [-0.1, -0.05) is 12.1 Å². The van der Waals surface area contributed by atoms with Crippen molar-refractivity contribution in [2.45, 2.75) is 12.8 Å². The fourth-order valence-electron chi connectivity index (χ4n) is 1.14. The minimum absolute atomic E-state index is 0.267. The second-order valence-corrected chi connectivity index (χ2v) is 3.02. The van der Waals surface area contributed by atoms with Gasteiger partial charge in [0.05, 0.1) is 7.11 Å². The van der Waals surface area contributed by atoms with Gasteiger partial charge in [-0.25, -0.2) is 4.39 Å². The van der Waals surface area contributed by atoms with E-state index in [1.165, 1.54) is 0 Å². The molecule has 1 rings (SSSR count). The molecule has 3 heteroatoms. The minimum atomic E-state index is -0.865. The number of halogens is 1. The minimum Gasteiger partial charge on any atom is -0.497 e. The SMILES string of the molecule is COc1ccc(CCC(=O)CF)cc1. The van der Waals surface area contributed by atoms with E-state index >= 15 is 0 Å². The summed E-state index contributed by atoms with van der Waals surface area (Å²) in [7, 11) is 1.60. The van der Waals surface area contributed by atoms with Gasteiger partial charge in [0.2, 0.25) is 0 Å². The predicted octanol–water partition coefficient (Wildman–Crippen LogP) is 2.17. The lowest BCUT2D eigenvalue weighted by Gasteiger charge is -2.01. The molecule has 0 fully saturated rings. The molecule has 14 heavy (non-hydrogen) atoms. The van der Waals surface area contributed by atoms with Crippen molar-refractivity contribution in [1.82, 2.24) is 0 Å². The number of alkyl halides is 1. The summed E-state index contributed by atoms with van der Waals surface area (Å²) < 4.78 is 16.8. The Kier molecular flexibility index (Phi) is 4.11. The lowest BCUT2D eigenvalue weighted by Crippen LogP contribution is -2.01. The van der Waals surface area contributed by atoms with Crippen LogP contribution in [0.25, 0.3) is 0 Å². The van der Waals surface area contributed by atoms with Crippen LogP contribution in [0.2, 0.25) is 0 Å². The fraction of sp³-hybridized carbons (Fsp3) is 0.364. The number of aryl methyl sites for hydroxylation is 1. The van der Waals surface area contributed by atoms with Crippen molar-refractivity contribution in [3.05, 3.63) is 29.8 Å². The molecule has 0 bridgehead atoms. The highest BCUT2D eigenvalue weighted by molar-refractivity contribution is 5.79. The number of benzene rings is 1. The smallest absolute Gasteiger partial charge is 0.164 e. The van der Waals surface area contributed by atoms with E-state index in [1.807, 2.05) is 24.3 Å². The van der Waals surface area contributed by atoms with Crippen LogP contribution in [0.5, 0.6) is 5.75 Å². The van der Waals surface area contributed by atoms with Crippen molar-refractivity contribution in [3.63, 3.8) is 0 Å². The van der Waals surface area contributed by atoms with E-state index in [0.717, 1.165) is 11.3 Å². The van der Waals surface area contributed by atoms with Crippen molar-refractivity contribution in [3.8, 4) is 5.75 Å². The van der Waals surface area contributed by atoms with Gasteiger partial charge in [0.25, 0.3) is 0 Å². The summed E-state index contributed by atoms with van der Waals surface area (Å²) in [5.74, 6) is 0.436. The zero-order valence-corrected chi connectivity index (χ0v) is 8.13. The molecule has 0 heterocycles. The zero-order valence-electron chi connectivity index (χ0n) is 8.13. The standard InChI is InChI=1S/C11H13FO2/c1-14-11-6-3-9(4-7-11)2-5-10(13)8-12/h3-4,6-7H,2,5,8H2,1H3. The molecule has 2 nitrogen and oxygen atoms in total. The highest BCUT2D eigenvalue weighted by atomic mass is 19.1. The summed E-state index contributed by atoms with van der Waals surface area (Å²) in [5, 5.41) is 0. The summed E-state index contributed by atoms with van der Waals surface area (Å²) in [6.07, 6.45) is 0.857. The molecule has 0 aromatic heterocycles. The average molecular weight is 196 g/mol.